The largest absolute Gasteiger partial charge is 0.340 e. The van der Waals surface area contributed by atoms with E-state index in [1.807, 2.05) is 37.1 Å². The summed E-state index contributed by atoms with van der Waals surface area (Å²) >= 11 is 0. The molecule has 8 nitrogen and oxygen atoms in total. The monoisotopic (exact) mass is 418 g/mol. The maximum absolute atomic E-state index is 13.1. The second-order valence-electron chi connectivity index (χ2n) is 7.01. The van der Waals surface area contributed by atoms with Crippen molar-refractivity contribution in [2.24, 2.45) is 14.1 Å². The van der Waals surface area contributed by atoms with Crippen molar-refractivity contribution >= 4 is 21.1 Å². The molecule has 0 spiro atoms. The highest BCUT2D eigenvalue weighted by atomic mass is 32.2. The fourth-order valence-corrected chi connectivity index (χ4v) is 4.88. The Labute approximate surface area is 173 Å². The minimum Gasteiger partial charge on any atom is -0.340 e. The Morgan fingerprint density at radius 3 is 2.43 bits per heavy atom. The first-order valence-electron chi connectivity index (χ1n) is 9.24. The Morgan fingerprint density at radius 1 is 0.900 bits per heavy atom. The van der Waals surface area contributed by atoms with E-state index in [1.54, 1.807) is 59.8 Å². The van der Waals surface area contributed by atoms with E-state index in [9.17, 15) is 8.42 Å². The number of aromatic nitrogens is 6. The Balaban J connectivity index is 1.71. The zero-order chi connectivity index (χ0) is 20.9. The van der Waals surface area contributed by atoms with Crippen LogP contribution in [0.25, 0.3) is 33.5 Å². The number of imidazole rings is 1. The van der Waals surface area contributed by atoms with Gasteiger partial charge in [0.05, 0.1) is 11.2 Å². The third kappa shape index (κ3) is 2.82. The van der Waals surface area contributed by atoms with Gasteiger partial charge < -0.3 is 4.57 Å². The molecule has 5 aromatic rings. The van der Waals surface area contributed by atoms with Crippen LogP contribution in [0.5, 0.6) is 0 Å². The predicted octanol–water partition coefficient (Wildman–Crippen LogP) is 3.07. The zero-order valence-corrected chi connectivity index (χ0v) is 17.2. The lowest BCUT2D eigenvalue weighted by molar-refractivity contribution is 0.589. The summed E-state index contributed by atoms with van der Waals surface area (Å²) in [5, 5.41) is 5.30. The van der Waals surface area contributed by atoms with Gasteiger partial charge in [-0.1, -0.05) is 18.2 Å². The van der Waals surface area contributed by atoms with Crippen molar-refractivity contribution in [2.45, 2.75) is 4.90 Å². The molecule has 0 N–H and O–H groups in total. The third-order valence-corrected chi connectivity index (χ3v) is 6.60. The highest BCUT2D eigenvalue weighted by Gasteiger charge is 2.22. The summed E-state index contributed by atoms with van der Waals surface area (Å²) < 4.78 is 31.1. The molecule has 5 rings (SSSR count). The maximum atomic E-state index is 13.1. The van der Waals surface area contributed by atoms with Gasteiger partial charge in [-0.2, -0.15) is 5.10 Å². The fraction of sp³-hybridized carbons (Fsp3) is 0.0952. The maximum Gasteiger partial charge on any atom is 0.269 e. The third-order valence-electron chi connectivity index (χ3n) is 4.92. The van der Waals surface area contributed by atoms with E-state index >= 15 is 0 Å². The summed E-state index contributed by atoms with van der Waals surface area (Å²) in [6, 6.07) is 12.0. The number of hydrogen-bond acceptors (Lipinski definition) is 5. The van der Waals surface area contributed by atoms with Crippen LogP contribution in [-0.4, -0.2) is 36.7 Å². The summed E-state index contributed by atoms with van der Waals surface area (Å²) in [6.07, 6.45) is 8.68. The Morgan fingerprint density at radius 2 is 1.70 bits per heavy atom. The second-order valence-corrected chi connectivity index (χ2v) is 8.83. The Kier molecular flexibility index (Phi) is 4.07. The first kappa shape index (κ1) is 18.3. The molecule has 0 saturated carbocycles. The first-order chi connectivity index (χ1) is 14.4. The van der Waals surface area contributed by atoms with Crippen LogP contribution in [0.4, 0.5) is 0 Å². The predicted molar refractivity (Wildman–Crippen MR) is 113 cm³/mol. The number of hydrogen-bond donors (Lipinski definition) is 0. The standard InChI is InChI=1S/C21H18N6O2S/c1-25-13-19(23-14-25)20-18(12-26(2)24-20)16-8-10-22-21-17(16)9-11-27(21)30(28,29)15-6-4-3-5-7-15/h3-14H,1-2H3. The molecule has 9 heteroatoms. The molecule has 4 heterocycles. The SMILES string of the molecule is Cn1cnc(-c2nn(C)cc2-c2ccnc3c2ccn3S(=O)(=O)c2ccccc2)c1. The van der Waals surface area contributed by atoms with Crippen LogP contribution in [0.3, 0.4) is 0 Å². The lowest BCUT2D eigenvalue weighted by atomic mass is 10.0. The van der Waals surface area contributed by atoms with E-state index in [1.165, 1.54) is 3.97 Å². The van der Waals surface area contributed by atoms with Crippen molar-refractivity contribution in [1.29, 1.82) is 0 Å². The Bertz CT molecular complexity index is 1480. The van der Waals surface area contributed by atoms with E-state index in [4.69, 9.17) is 0 Å². The van der Waals surface area contributed by atoms with Crippen molar-refractivity contribution in [1.82, 2.24) is 28.3 Å². The minimum absolute atomic E-state index is 0.213. The van der Waals surface area contributed by atoms with Gasteiger partial charge in [-0.05, 0) is 29.8 Å². The van der Waals surface area contributed by atoms with Crippen LogP contribution in [0.2, 0.25) is 0 Å². The average Bonchev–Trinajstić information content (AvgIpc) is 3.46. The van der Waals surface area contributed by atoms with E-state index < -0.39 is 10.0 Å². The van der Waals surface area contributed by atoms with Gasteiger partial charge in [0.1, 0.15) is 11.4 Å². The molecule has 0 saturated heterocycles. The Hall–Kier alpha value is -3.72. The van der Waals surface area contributed by atoms with Gasteiger partial charge in [0.2, 0.25) is 0 Å². The molecular formula is C21H18N6O2S. The van der Waals surface area contributed by atoms with Crippen LogP contribution in [0, 0.1) is 0 Å². The summed E-state index contributed by atoms with van der Waals surface area (Å²) in [4.78, 5) is 9.00. The van der Waals surface area contributed by atoms with Gasteiger partial charge in [-0.15, -0.1) is 0 Å². The quantitative estimate of drug-likeness (QED) is 0.448. The fourth-order valence-electron chi connectivity index (χ4n) is 3.56. The van der Waals surface area contributed by atoms with E-state index in [-0.39, 0.29) is 4.90 Å². The smallest absolute Gasteiger partial charge is 0.269 e. The zero-order valence-electron chi connectivity index (χ0n) is 16.3. The van der Waals surface area contributed by atoms with Crippen LogP contribution < -0.4 is 0 Å². The molecule has 0 radical (unpaired) electrons. The van der Waals surface area contributed by atoms with E-state index in [0.717, 1.165) is 27.9 Å². The molecule has 4 aromatic heterocycles. The van der Waals surface area contributed by atoms with Crippen molar-refractivity contribution in [3.05, 3.63) is 73.6 Å². The highest BCUT2D eigenvalue weighted by molar-refractivity contribution is 7.90. The van der Waals surface area contributed by atoms with Gasteiger partial charge in [-0.25, -0.2) is 22.4 Å². The number of fused-ring (bicyclic) bond motifs is 1. The van der Waals surface area contributed by atoms with Crippen molar-refractivity contribution in [3.8, 4) is 22.5 Å². The lowest BCUT2D eigenvalue weighted by Gasteiger charge is -2.08. The number of aryl methyl sites for hydroxylation is 2. The molecule has 150 valence electrons. The van der Waals surface area contributed by atoms with Gasteiger partial charge in [0.25, 0.3) is 10.0 Å². The van der Waals surface area contributed by atoms with Crippen LogP contribution in [0.1, 0.15) is 0 Å². The van der Waals surface area contributed by atoms with Gasteiger partial charge in [0.15, 0.2) is 5.65 Å². The number of pyridine rings is 1. The summed E-state index contributed by atoms with van der Waals surface area (Å²) in [5.41, 5.74) is 3.54. The molecule has 0 bridgehead atoms. The number of benzene rings is 1. The molecule has 0 aliphatic rings. The lowest BCUT2D eigenvalue weighted by Crippen LogP contribution is -2.12. The van der Waals surface area contributed by atoms with Gasteiger partial charge in [-0.3, -0.25) is 4.68 Å². The van der Waals surface area contributed by atoms with Crippen LogP contribution in [-0.2, 0) is 24.1 Å². The van der Waals surface area contributed by atoms with Crippen molar-refractivity contribution in [2.75, 3.05) is 0 Å². The van der Waals surface area contributed by atoms with Crippen molar-refractivity contribution < 1.29 is 8.42 Å². The van der Waals surface area contributed by atoms with Crippen molar-refractivity contribution in [3.63, 3.8) is 0 Å². The molecule has 0 atom stereocenters. The van der Waals surface area contributed by atoms with Gasteiger partial charge in [0, 0.05) is 49.8 Å². The molecular weight excluding hydrogens is 400 g/mol. The minimum atomic E-state index is -3.76. The molecule has 30 heavy (non-hydrogen) atoms. The number of nitrogens with zero attached hydrogens (tertiary/aromatic N) is 6. The van der Waals surface area contributed by atoms with Gasteiger partial charge >= 0.3 is 0 Å². The number of rotatable bonds is 4. The van der Waals surface area contributed by atoms with E-state index in [2.05, 4.69) is 15.1 Å². The molecule has 1 aromatic carbocycles. The normalized spacial score (nSPS) is 11.9. The topological polar surface area (TPSA) is 87.6 Å². The highest BCUT2D eigenvalue weighted by Crippen LogP contribution is 2.35. The average molecular weight is 418 g/mol. The summed E-state index contributed by atoms with van der Waals surface area (Å²) in [6.45, 7) is 0. The summed E-state index contributed by atoms with van der Waals surface area (Å²) in [5.74, 6) is 0. The van der Waals surface area contributed by atoms with E-state index in [0.29, 0.717) is 5.65 Å². The van der Waals surface area contributed by atoms with Crippen LogP contribution >= 0.6 is 0 Å². The molecule has 0 aliphatic carbocycles. The molecule has 0 aliphatic heterocycles. The van der Waals surface area contributed by atoms with Crippen LogP contribution in [0.15, 0.2) is 78.5 Å². The molecule has 0 fully saturated rings. The summed E-state index contributed by atoms with van der Waals surface area (Å²) in [7, 11) is -0.00959. The first-order valence-corrected chi connectivity index (χ1v) is 10.7. The molecule has 0 amide bonds. The second kappa shape index (κ2) is 6.67. The molecule has 0 unspecified atom stereocenters.